The second kappa shape index (κ2) is 4.56. The second-order valence-corrected chi connectivity index (χ2v) is 4.93. The third-order valence-electron chi connectivity index (χ3n) is 3.63. The van der Waals surface area contributed by atoms with Gasteiger partial charge in [0.2, 0.25) is 0 Å². The smallest absolute Gasteiger partial charge is 0.411 e. The van der Waals surface area contributed by atoms with Crippen LogP contribution in [0.25, 0.3) is 0 Å². The molecule has 0 aromatic heterocycles. The quantitative estimate of drug-likeness (QED) is 0.803. The summed E-state index contributed by atoms with van der Waals surface area (Å²) in [7, 11) is 0. The van der Waals surface area contributed by atoms with Crippen LogP contribution in [0, 0.1) is 11.3 Å². The molecule has 1 amide bonds. The first-order valence-corrected chi connectivity index (χ1v) is 6.24. The molecule has 2 saturated heterocycles. The van der Waals surface area contributed by atoms with E-state index in [1.54, 1.807) is 4.90 Å². The number of hydrogen-bond donors (Lipinski definition) is 0. The van der Waals surface area contributed by atoms with Crippen molar-refractivity contribution in [1.82, 2.24) is 4.90 Å². The highest BCUT2D eigenvalue weighted by atomic mass is 16.6. The number of rotatable bonds is 2. The Hall–Kier alpha value is -2.06. The van der Waals surface area contributed by atoms with E-state index in [0.717, 1.165) is 5.56 Å². The molecule has 0 aliphatic carbocycles. The Kier molecular flexibility index (Phi) is 2.88. The van der Waals surface area contributed by atoms with Gasteiger partial charge in [-0.2, -0.15) is 5.26 Å². The summed E-state index contributed by atoms with van der Waals surface area (Å²) in [4.78, 5) is 13.4. The minimum Gasteiger partial charge on any atom is -0.446 e. The zero-order chi connectivity index (χ0) is 13.3. The maximum atomic E-state index is 11.9. The number of nitriles is 1. The lowest BCUT2D eigenvalue weighted by molar-refractivity contribution is -0.0377. The number of fused-ring (bicyclic) bond motifs is 1. The molecule has 0 unspecified atom stereocenters. The summed E-state index contributed by atoms with van der Waals surface area (Å²) in [6, 6.07) is 11.9. The molecule has 0 saturated carbocycles. The van der Waals surface area contributed by atoms with Crippen molar-refractivity contribution in [2.24, 2.45) is 0 Å². The van der Waals surface area contributed by atoms with Crippen LogP contribution in [0.4, 0.5) is 4.79 Å². The maximum absolute atomic E-state index is 11.9. The molecule has 2 heterocycles. The fourth-order valence-electron chi connectivity index (χ4n) is 2.70. The van der Waals surface area contributed by atoms with Crippen molar-refractivity contribution in [3.63, 3.8) is 0 Å². The van der Waals surface area contributed by atoms with Gasteiger partial charge >= 0.3 is 6.09 Å². The monoisotopic (exact) mass is 258 g/mol. The fraction of sp³-hybridized carbons (Fsp3) is 0.429. The maximum Gasteiger partial charge on any atom is 0.411 e. The SMILES string of the molecule is N#C[C@@]12COC[C@H](Cc3ccccc3)N1C(=O)OC2. The van der Waals surface area contributed by atoms with Gasteiger partial charge in [-0.05, 0) is 12.0 Å². The Bertz CT molecular complexity index is 525. The number of benzene rings is 1. The summed E-state index contributed by atoms with van der Waals surface area (Å²) in [5.74, 6) is 0. The topological polar surface area (TPSA) is 62.6 Å². The van der Waals surface area contributed by atoms with Gasteiger partial charge in [-0.15, -0.1) is 0 Å². The van der Waals surface area contributed by atoms with E-state index < -0.39 is 11.6 Å². The number of ether oxygens (including phenoxy) is 2. The highest BCUT2D eigenvalue weighted by molar-refractivity contribution is 5.73. The first kappa shape index (κ1) is 12.0. The summed E-state index contributed by atoms with van der Waals surface area (Å²) in [5.41, 5.74) is 0.166. The van der Waals surface area contributed by atoms with Crippen LogP contribution in [-0.4, -0.2) is 42.4 Å². The average Bonchev–Trinajstić information content (AvgIpc) is 2.79. The number of cyclic esters (lactones) is 1. The van der Waals surface area contributed by atoms with Crippen molar-refractivity contribution < 1.29 is 14.3 Å². The van der Waals surface area contributed by atoms with Gasteiger partial charge in [0, 0.05) is 0 Å². The summed E-state index contributed by atoms with van der Waals surface area (Å²) < 4.78 is 10.6. The number of carbonyl (C=O) groups is 1. The Balaban J connectivity index is 1.86. The predicted molar refractivity (Wildman–Crippen MR) is 66.3 cm³/mol. The molecule has 2 aliphatic rings. The van der Waals surface area contributed by atoms with E-state index in [2.05, 4.69) is 6.07 Å². The average molecular weight is 258 g/mol. The number of hydrogen-bond acceptors (Lipinski definition) is 4. The third-order valence-corrected chi connectivity index (χ3v) is 3.63. The summed E-state index contributed by atoms with van der Waals surface area (Å²) in [6.45, 7) is 0.752. The molecule has 0 spiro atoms. The highest BCUT2D eigenvalue weighted by Crippen LogP contribution is 2.31. The van der Waals surface area contributed by atoms with E-state index in [4.69, 9.17) is 9.47 Å². The van der Waals surface area contributed by atoms with Crippen LogP contribution in [0.1, 0.15) is 5.56 Å². The van der Waals surface area contributed by atoms with E-state index >= 15 is 0 Å². The largest absolute Gasteiger partial charge is 0.446 e. The van der Waals surface area contributed by atoms with Gasteiger partial charge in [0.15, 0.2) is 5.54 Å². The van der Waals surface area contributed by atoms with Gasteiger partial charge < -0.3 is 9.47 Å². The molecule has 5 nitrogen and oxygen atoms in total. The summed E-state index contributed by atoms with van der Waals surface area (Å²) >= 11 is 0. The molecule has 2 aliphatic heterocycles. The molecule has 0 radical (unpaired) electrons. The number of nitrogens with zero attached hydrogens (tertiary/aromatic N) is 2. The minimum absolute atomic E-state index is 0.0909. The molecule has 0 N–H and O–H groups in total. The molecule has 5 heteroatoms. The number of carbonyl (C=O) groups excluding carboxylic acids is 1. The van der Waals surface area contributed by atoms with Crippen LogP contribution >= 0.6 is 0 Å². The first-order valence-electron chi connectivity index (χ1n) is 6.24. The van der Waals surface area contributed by atoms with E-state index in [9.17, 15) is 10.1 Å². The van der Waals surface area contributed by atoms with E-state index in [1.807, 2.05) is 30.3 Å². The summed E-state index contributed by atoms with van der Waals surface area (Å²) in [6.07, 6.45) is 0.255. The van der Waals surface area contributed by atoms with Crippen LogP contribution in [0.3, 0.4) is 0 Å². The standard InChI is InChI=1S/C14H14N2O3/c15-8-14-9-18-7-12(16(14)13(17)19-10-14)6-11-4-2-1-3-5-11/h1-5,12H,6-7,9-10H2/t12-,14-/m0/s1. The first-order chi connectivity index (χ1) is 9.25. The number of morpholine rings is 1. The Morgan fingerprint density at radius 3 is 2.89 bits per heavy atom. The van der Waals surface area contributed by atoms with Crippen LogP contribution < -0.4 is 0 Å². The zero-order valence-corrected chi connectivity index (χ0v) is 10.4. The van der Waals surface area contributed by atoms with Crippen LogP contribution in [0.5, 0.6) is 0 Å². The highest BCUT2D eigenvalue weighted by Gasteiger charge is 2.54. The van der Waals surface area contributed by atoms with Crippen molar-refractivity contribution in [2.75, 3.05) is 19.8 Å². The summed E-state index contributed by atoms with van der Waals surface area (Å²) in [5, 5.41) is 9.35. The van der Waals surface area contributed by atoms with Gasteiger partial charge in [0.25, 0.3) is 0 Å². The molecular formula is C14H14N2O3. The number of amides is 1. The van der Waals surface area contributed by atoms with E-state index in [-0.39, 0.29) is 19.3 Å². The lowest BCUT2D eigenvalue weighted by Gasteiger charge is -2.39. The van der Waals surface area contributed by atoms with Crippen molar-refractivity contribution >= 4 is 6.09 Å². The van der Waals surface area contributed by atoms with Gasteiger partial charge in [0.1, 0.15) is 6.61 Å². The molecule has 98 valence electrons. The third kappa shape index (κ3) is 1.94. The van der Waals surface area contributed by atoms with Crippen LogP contribution in [0.15, 0.2) is 30.3 Å². The van der Waals surface area contributed by atoms with Gasteiger partial charge in [-0.3, -0.25) is 4.90 Å². The van der Waals surface area contributed by atoms with Gasteiger partial charge in [-0.25, -0.2) is 4.79 Å². The predicted octanol–water partition coefficient (Wildman–Crippen LogP) is 1.34. The Morgan fingerprint density at radius 1 is 1.37 bits per heavy atom. The molecular weight excluding hydrogens is 244 g/mol. The van der Waals surface area contributed by atoms with E-state index in [0.29, 0.717) is 13.0 Å². The van der Waals surface area contributed by atoms with Crippen LogP contribution in [-0.2, 0) is 15.9 Å². The van der Waals surface area contributed by atoms with Crippen molar-refractivity contribution in [3.8, 4) is 6.07 Å². The van der Waals surface area contributed by atoms with Crippen molar-refractivity contribution in [1.29, 1.82) is 5.26 Å². The molecule has 1 aromatic carbocycles. The molecule has 2 fully saturated rings. The Morgan fingerprint density at radius 2 is 2.16 bits per heavy atom. The molecule has 2 atom stereocenters. The zero-order valence-electron chi connectivity index (χ0n) is 10.4. The van der Waals surface area contributed by atoms with E-state index in [1.165, 1.54) is 0 Å². The fourth-order valence-corrected chi connectivity index (χ4v) is 2.70. The second-order valence-electron chi connectivity index (χ2n) is 4.93. The normalized spacial score (nSPS) is 29.5. The van der Waals surface area contributed by atoms with Gasteiger partial charge in [-0.1, -0.05) is 30.3 Å². The van der Waals surface area contributed by atoms with Crippen molar-refractivity contribution in [3.05, 3.63) is 35.9 Å². The molecule has 19 heavy (non-hydrogen) atoms. The minimum atomic E-state index is -0.950. The van der Waals surface area contributed by atoms with Gasteiger partial charge in [0.05, 0.1) is 25.3 Å². The lowest BCUT2D eigenvalue weighted by atomic mass is 9.95. The van der Waals surface area contributed by atoms with Crippen LogP contribution in [0.2, 0.25) is 0 Å². The lowest BCUT2D eigenvalue weighted by Crippen LogP contribution is -2.60. The van der Waals surface area contributed by atoms with Crippen molar-refractivity contribution in [2.45, 2.75) is 18.0 Å². The molecule has 3 rings (SSSR count). The molecule has 0 bridgehead atoms. The molecule has 1 aromatic rings. The Labute approximate surface area is 111 Å².